The van der Waals surface area contributed by atoms with Gasteiger partial charge in [0.15, 0.2) is 11.5 Å². The maximum atomic E-state index is 12.7. The van der Waals surface area contributed by atoms with Crippen molar-refractivity contribution >= 4 is 5.91 Å². The molecule has 1 aromatic carbocycles. The maximum absolute atomic E-state index is 12.7. The molecule has 1 fully saturated rings. The number of hydrogen-bond acceptors (Lipinski definition) is 4. The Bertz CT molecular complexity index is 543. The minimum absolute atomic E-state index is 0.0174. The number of benzene rings is 1. The van der Waals surface area contributed by atoms with Gasteiger partial charge in [-0.1, -0.05) is 12.7 Å². The minimum atomic E-state index is -0.0174. The van der Waals surface area contributed by atoms with Crippen molar-refractivity contribution in [1.82, 2.24) is 4.90 Å². The third-order valence-electron chi connectivity index (χ3n) is 3.64. The van der Waals surface area contributed by atoms with Crippen molar-refractivity contribution in [3.05, 3.63) is 36.4 Å². The third kappa shape index (κ3) is 3.60. The first-order valence-corrected chi connectivity index (χ1v) is 7.41. The van der Waals surface area contributed by atoms with Crippen molar-refractivity contribution in [1.29, 1.82) is 0 Å². The monoisotopic (exact) mass is 305 g/mol. The van der Waals surface area contributed by atoms with E-state index >= 15 is 0 Å². The molecule has 1 aliphatic heterocycles. The van der Waals surface area contributed by atoms with Gasteiger partial charge in [-0.3, -0.25) is 4.79 Å². The molecule has 0 N–H and O–H groups in total. The van der Waals surface area contributed by atoms with Gasteiger partial charge in [0.05, 0.1) is 25.9 Å². The molecule has 0 saturated carbocycles. The Kier molecular flexibility index (Phi) is 5.44. The quantitative estimate of drug-likeness (QED) is 0.784. The van der Waals surface area contributed by atoms with Crippen LogP contribution in [0.3, 0.4) is 0 Å². The first-order valence-electron chi connectivity index (χ1n) is 7.41. The Morgan fingerprint density at radius 2 is 2.23 bits per heavy atom. The molecule has 5 nitrogen and oxygen atoms in total. The lowest BCUT2D eigenvalue weighted by Crippen LogP contribution is -2.50. The number of methoxy groups -OCH3 is 1. The van der Waals surface area contributed by atoms with Crippen LogP contribution in [-0.4, -0.2) is 49.8 Å². The van der Waals surface area contributed by atoms with Crippen molar-refractivity contribution in [3.8, 4) is 11.5 Å². The van der Waals surface area contributed by atoms with Crippen LogP contribution in [0.2, 0.25) is 0 Å². The second kappa shape index (κ2) is 7.31. The lowest BCUT2D eigenvalue weighted by atomic mass is 10.1. The summed E-state index contributed by atoms with van der Waals surface area (Å²) in [4.78, 5) is 14.5. The Morgan fingerprint density at radius 1 is 1.45 bits per heavy atom. The van der Waals surface area contributed by atoms with E-state index in [1.165, 1.54) is 0 Å². The SMILES string of the molecule is C=CCOc1ccc(C(=O)N2CC(C)OCC2C)cc1OC. The van der Waals surface area contributed by atoms with Gasteiger partial charge in [0.2, 0.25) is 0 Å². The summed E-state index contributed by atoms with van der Waals surface area (Å²) in [6, 6.07) is 5.29. The smallest absolute Gasteiger partial charge is 0.254 e. The molecule has 2 unspecified atom stereocenters. The van der Waals surface area contributed by atoms with Gasteiger partial charge in [0.25, 0.3) is 5.91 Å². The van der Waals surface area contributed by atoms with Gasteiger partial charge < -0.3 is 19.1 Å². The summed E-state index contributed by atoms with van der Waals surface area (Å²) >= 11 is 0. The van der Waals surface area contributed by atoms with Gasteiger partial charge in [0, 0.05) is 12.1 Å². The molecule has 0 aromatic heterocycles. The summed E-state index contributed by atoms with van der Waals surface area (Å²) in [6.07, 6.45) is 1.72. The molecule has 120 valence electrons. The molecule has 0 spiro atoms. The average Bonchev–Trinajstić information content (AvgIpc) is 2.54. The topological polar surface area (TPSA) is 48.0 Å². The molecular weight excluding hydrogens is 282 g/mol. The molecule has 22 heavy (non-hydrogen) atoms. The number of carbonyl (C=O) groups excluding carboxylic acids is 1. The molecule has 0 radical (unpaired) electrons. The molecule has 2 rings (SSSR count). The Labute approximate surface area is 131 Å². The molecular formula is C17H23NO4. The summed E-state index contributed by atoms with van der Waals surface area (Å²) in [7, 11) is 1.56. The zero-order chi connectivity index (χ0) is 16.1. The van der Waals surface area contributed by atoms with Crippen LogP contribution in [0.5, 0.6) is 11.5 Å². The van der Waals surface area contributed by atoms with E-state index in [0.717, 1.165) is 0 Å². The van der Waals surface area contributed by atoms with E-state index in [4.69, 9.17) is 14.2 Å². The summed E-state index contributed by atoms with van der Waals surface area (Å²) in [6.45, 7) is 9.12. The standard InChI is InChI=1S/C17H23NO4/c1-5-8-21-15-7-6-14(9-16(15)20-4)17(19)18-10-13(3)22-11-12(18)2/h5-7,9,12-13H,1,8,10-11H2,2-4H3. The maximum Gasteiger partial charge on any atom is 0.254 e. The second-order valence-corrected chi connectivity index (χ2v) is 5.42. The molecule has 0 aliphatic carbocycles. The first-order chi connectivity index (χ1) is 10.6. The third-order valence-corrected chi connectivity index (χ3v) is 3.64. The molecule has 1 saturated heterocycles. The highest BCUT2D eigenvalue weighted by Gasteiger charge is 2.28. The fourth-order valence-electron chi connectivity index (χ4n) is 2.42. The molecule has 0 bridgehead atoms. The highest BCUT2D eigenvalue weighted by Crippen LogP contribution is 2.29. The molecule has 1 amide bonds. The Morgan fingerprint density at radius 3 is 2.91 bits per heavy atom. The van der Waals surface area contributed by atoms with Crippen LogP contribution < -0.4 is 9.47 Å². The normalized spacial score (nSPS) is 21.3. The van der Waals surface area contributed by atoms with Gasteiger partial charge in [-0.05, 0) is 32.0 Å². The largest absolute Gasteiger partial charge is 0.493 e. The fraction of sp³-hybridized carbons (Fsp3) is 0.471. The van der Waals surface area contributed by atoms with Crippen LogP contribution in [0, 0.1) is 0 Å². The van der Waals surface area contributed by atoms with Crippen LogP contribution in [-0.2, 0) is 4.74 Å². The van der Waals surface area contributed by atoms with Crippen LogP contribution in [0.15, 0.2) is 30.9 Å². The van der Waals surface area contributed by atoms with Crippen molar-refractivity contribution in [3.63, 3.8) is 0 Å². The van der Waals surface area contributed by atoms with Crippen LogP contribution in [0.25, 0.3) is 0 Å². The summed E-state index contributed by atoms with van der Waals surface area (Å²) in [5.41, 5.74) is 0.587. The molecule has 1 aliphatic rings. The molecule has 5 heteroatoms. The number of nitrogens with zero attached hydrogens (tertiary/aromatic N) is 1. The summed E-state index contributed by atoms with van der Waals surface area (Å²) in [5.74, 6) is 1.13. The number of carbonyl (C=O) groups is 1. The van der Waals surface area contributed by atoms with Crippen molar-refractivity contribution in [2.24, 2.45) is 0 Å². The van der Waals surface area contributed by atoms with E-state index in [1.807, 2.05) is 18.7 Å². The van der Waals surface area contributed by atoms with Gasteiger partial charge in [0.1, 0.15) is 6.61 Å². The van der Waals surface area contributed by atoms with Crippen molar-refractivity contribution in [2.45, 2.75) is 26.0 Å². The highest BCUT2D eigenvalue weighted by molar-refractivity contribution is 5.95. The summed E-state index contributed by atoms with van der Waals surface area (Å²) < 4.78 is 16.4. The predicted molar refractivity (Wildman–Crippen MR) is 84.6 cm³/mol. The zero-order valence-electron chi connectivity index (χ0n) is 13.4. The van der Waals surface area contributed by atoms with Crippen molar-refractivity contribution in [2.75, 3.05) is 26.9 Å². The first kappa shape index (κ1) is 16.4. The Hall–Kier alpha value is -2.01. The van der Waals surface area contributed by atoms with Gasteiger partial charge >= 0.3 is 0 Å². The lowest BCUT2D eigenvalue weighted by Gasteiger charge is -2.36. The van der Waals surface area contributed by atoms with Gasteiger partial charge in [-0.25, -0.2) is 0 Å². The van der Waals surface area contributed by atoms with Crippen molar-refractivity contribution < 1.29 is 19.0 Å². The number of hydrogen-bond donors (Lipinski definition) is 0. The minimum Gasteiger partial charge on any atom is -0.493 e. The lowest BCUT2D eigenvalue weighted by molar-refractivity contribution is -0.0387. The fourth-order valence-corrected chi connectivity index (χ4v) is 2.42. The highest BCUT2D eigenvalue weighted by atomic mass is 16.5. The van der Waals surface area contributed by atoms with Crippen LogP contribution in [0.1, 0.15) is 24.2 Å². The zero-order valence-corrected chi connectivity index (χ0v) is 13.4. The van der Waals surface area contributed by atoms with E-state index in [9.17, 15) is 4.79 Å². The van der Waals surface area contributed by atoms with E-state index in [2.05, 4.69) is 6.58 Å². The van der Waals surface area contributed by atoms with Crippen LogP contribution in [0.4, 0.5) is 0 Å². The van der Waals surface area contributed by atoms with Gasteiger partial charge in [-0.2, -0.15) is 0 Å². The number of rotatable bonds is 5. The Balaban J connectivity index is 2.20. The van der Waals surface area contributed by atoms with E-state index < -0.39 is 0 Å². The molecule has 2 atom stereocenters. The average molecular weight is 305 g/mol. The van der Waals surface area contributed by atoms with Crippen LogP contribution >= 0.6 is 0 Å². The number of ether oxygens (including phenoxy) is 3. The predicted octanol–water partition coefficient (Wildman–Crippen LogP) is 2.51. The van der Waals surface area contributed by atoms with E-state index in [1.54, 1.807) is 31.4 Å². The second-order valence-electron chi connectivity index (χ2n) is 5.42. The van der Waals surface area contributed by atoms with E-state index in [0.29, 0.717) is 36.8 Å². The van der Waals surface area contributed by atoms with E-state index in [-0.39, 0.29) is 18.1 Å². The molecule has 1 aromatic rings. The number of morpholine rings is 1. The number of amides is 1. The van der Waals surface area contributed by atoms with Gasteiger partial charge in [-0.15, -0.1) is 0 Å². The summed E-state index contributed by atoms with van der Waals surface area (Å²) in [5, 5.41) is 0. The molecule has 1 heterocycles.